The van der Waals surface area contributed by atoms with E-state index in [1.165, 1.54) is 0 Å². The summed E-state index contributed by atoms with van der Waals surface area (Å²) in [6, 6.07) is 0. The van der Waals surface area contributed by atoms with Gasteiger partial charge < -0.3 is 15.7 Å². The van der Waals surface area contributed by atoms with E-state index in [4.69, 9.17) is 16.7 Å². The number of nitrogens with one attached hydrogen (secondary N) is 4. The summed E-state index contributed by atoms with van der Waals surface area (Å²) in [7, 11) is 0. The fourth-order valence-electron chi connectivity index (χ4n) is 3.55. The number of aromatic nitrogens is 2. The molecule has 2 fully saturated rings. The fourth-order valence-corrected chi connectivity index (χ4v) is 3.72. The lowest BCUT2D eigenvalue weighted by Gasteiger charge is -2.20. The molecule has 2 aliphatic carbocycles. The van der Waals surface area contributed by atoms with Gasteiger partial charge in [-0.25, -0.2) is 4.79 Å². The van der Waals surface area contributed by atoms with Crippen LogP contribution < -0.4 is 21.5 Å². The second kappa shape index (κ2) is 9.91. The minimum absolute atomic E-state index is 0.0133. The highest BCUT2D eigenvalue weighted by Crippen LogP contribution is 2.31. The third kappa shape index (κ3) is 6.59. The van der Waals surface area contributed by atoms with Gasteiger partial charge in [-0.05, 0) is 42.7 Å². The molecule has 9 nitrogen and oxygen atoms in total. The van der Waals surface area contributed by atoms with Gasteiger partial charge in [0.15, 0.2) is 11.6 Å². The lowest BCUT2D eigenvalue weighted by Crippen LogP contribution is -2.41. The van der Waals surface area contributed by atoms with Crippen LogP contribution in [0.3, 0.4) is 0 Å². The molecule has 0 bridgehead atoms. The van der Waals surface area contributed by atoms with Crippen molar-refractivity contribution in [3.63, 3.8) is 0 Å². The van der Waals surface area contributed by atoms with Crippen LogP contribution in [0.25, 0.3) is 0 Å². The van der Waals surface area contributed by atoms with E-state index in [9.17, 15) is 14.0 Å². The van der Waals surface area contributed by atoms with Gasteiger partial charge in [0.2, 0.25) is 17.0 Å². The molecule has 1 aromatic rings. The molecule has 3 rings (SSSR count). The number of anilines is 2. The standard InChI is InChI=1S/C18H26ClFN6O3/c19-17-23-14(21-8-11-5-6-11)13(20)15(24-17)25-26-16(27)12(9-22-18(28)29)7-10-3-1-2-4-10/h10-12,22H,1-9H2,(H,26,27)(H,28,29)(H2,21,23,24,25)/t12-/m1/s1. The predicted molar refractivity (Wildman–Crippen MR) is 106 cm³/mol. The molecule has 1 heterocycles. The van der Waals surface area contributed by atoms with Gasteiger partial charge in [0.05, 0.1) is 5.92 Å². The molecular weight excluding hydrogens is 403 g/mol. The first-order chi connectivity index (χ1) is 13.9. The average Bonchev–Trinajstić information content (AvgIpc) is 3.37. The second-order valence-corrected chi connectivity index (χ2v) is 8.05. The predicted octanol–water partition coefficient (Wildman–Crippen LogP) is 3.00. The Balaban J connectivity index is 1.60. The summed E-state index contributed by atoms with van der Waals surface area (Å²) in [5, 5.41) is 13.9. The van der Waals surface area contributed by atoms with E-state index < -0.39 is 23.7 Å². The summed E-state index contributed by atoms with van der Waals surface area (Å²) in [5.74, 6) is -1.14. The summed E-state index contributed by atoms with van der Waals surface area (Å²) in [5.41, 5.74) is 4.90. The smallest absolute Gasteiger partial charge is 0.404 e. The van der Waals surface area contributed by atoms with Gasteiger partial charge in [-0.1, -0.05) is 25.7 Å². The second-order valence-electron chi connectivity index (χ2n) is 7.71. The molecule has 1 aromatic heterocycles. The van der Waals surface area contributed by atoms with Crippen LogP contribution in [0, 0.1) is 23.6 Å². The van der Waals surface area contributed by atoms with Crippen molar-refractivity contribution in [3.05, 3.63) is 11.1 Å². The number of hydrogen-bond acceptors (Lipinski definition) is 6. The molecule has 160 valence electrons. The van der Waals surface area contributed by atoms with Crippen LogP contribution in [-0.2, 0) is 4.79 Å². The SMILES string of the molecule is O=C(O)NC[C@@H](CC1CCCC1)C(=O)NNc1nc(Cl)nc(NCC2CC2)c1F. The Bertz CT molecular complexity index is 743. The van der Waals surface area contributed by atoms with Crippen molar-refractivity contribution in [2.75, 3.05) is 23.8 Å². The number of rotatable bonds is 10. The van der Waals surface area contributed by atoms with Crippen molar-refractivity contribution in [2.24, 2.45) is 17.8 Å². The number of carbonyl (C=O) groups is 2. The molecule has 0 aromatic carbocycles. The highest BCUT2D eigenvalue weighted by Gasteiger charge is 2.26. The fraction of sp³-hybridized carbons (Fsp3) is 0.667. The first kappa shape index (κ1) is 21.4. The first-order valence-corrected chi connectivity index (χ1v) is 10.3. The van der Waals surface area contributed by atoms with Gasteiger partial charge >= 0.3 is 6.09 Å². The van der Waals surface area contributed by atoms with E-state index in [0.717, 1.165) is 38.5 Å². The van der Waals surface area contributed by atoms with Crippen LogP contribution in [0.4, 0.5) is 20.8 Å². The maximum Gasteiger partial charge on any atom is 0.404 e. The van der Waals surface area contributed by atoms with Crippen molar-refractivity contribution in [3.8, 4) is 0 Å². The zero-order valence-electron chi connectivity index (χ0n) is 16.0. The zero-order chi connectivity index (χ0) is 20.8. The van der Waals surface area contributed by atoms with Crippen LogP contribution in [-0.4, -0.2) is 40.2 Å². The number of carbonyl (C=O) groups excluding carboxylic acids is 1. The summed E-state index contributed by atoms with van der Waals surface area (Å²) < 4.78 is 14.6. The first-order valence-electron chi connectivity index (χ1n) is 9.92. The number of hydrazine groups is 1. The van der Waals surface area contributed by atoms with Gasteiger partial charge in [-0.2, -0.15) is 14.4 Å². The number of hydrogen-bond donors (Lipinski definition) is 5. The largest absolute Gasteiger partial charge is 0.465 e. The van der Waals surface area contributed by atoms with E-state index in [-0.39, 0.29) is 23.5 Å². The van der Waals surface area contributed by atoms with Gasteiger partial charge in [0, 0.05) is 13.1 Å². The lowest BCUT2D eigenvalue weighted by atomic mass is 9.92. The minimum atomic E-state index is -1.19. The summed E-state index contributed by atoms with van der Waals surface area (Å²) >= 11 is 5.87. The molecule has 0 spiro atoms. The average molecular weight is 429 g/mol. The molecule has 29 heavy (non-hydrogen) atoms. The normalized spacial score (nSPS) is 17.6. The maximum atomic E-state index is 14.6. The molecular formula is C18H26ClFN6O3. The van der Waals surface area contributed by atoms with Gasteiger partial charge in [-0.3, -0.25) is 15.6 Å². The third-order valence-electron chi connectivity index (χ3n) is 5.35. The molecule has 1 atom stereocenters. The van der Waals surface area contributed by atoms with Crippen molar-refractivity contribution < 1.29 is 19.1 Å². The third-order valence-corrected chi connectivity index (χ3v) is 5.52. The van der Waals surface area contributed by atoms with Gasteiger partial charge in [-0.15, -0.1) is 0 Å². The van der Waals surface area contributed by atoms with Crippen molar-refractivity contribution in [1.29, 1.82) is 0 Å². The van der Waals surface area contributed by atoms with Crippen LogP contribution in [0.2, 0.25) is 5.28 Å². The van der Waals surface area contributed by atoms with Crippen LogP contribution in [0.5, 0.6) is 0 Å². The molecule has 2 amide bonds. The Kier molecular flexibility index (Phi) is 7.29. The van der Waals surface area contributed by atoms with Gasteiger partial charge in [0.25, 0.3) is 0 Å². The number of amides is 2. The van der Waals surface area contributed by atoms with Crippen LogP contribution in [0.1, 0.15) is 44.9 Å². The highest BCUT2D eigenvalue weighted by molar-refractivity contribution is 6.28. The Morgan fingerprint density at radius 1 is 1.14 bits per heavy atom. The number of nitrogens with zero attached hydrogens (tertiary/aromatic N) is 2. The van der Waals surface area contributed by atoms with E-state index in [1.54, 1.807) is 0 Å². The monoisotopic (exact) mass is 428 g/mol. The van der Waals surface area contributed by atoms with E-state index >= 15 is 0 Å². The minimum Gasteiger partial charge on any atom is -0.465 e. The highest BCUT2D eigenvalue weighted by atomic mass is 35.5. The Morgan fingerprint density at radius 2 is 1.83 bits per heavy atom. The summed E-state index contributed by atoms with van der Waals surface area (Å²) in [6.07, 6.45) is 5.85. The summed E-state index contributed by atoms with van der Waals surface area (Å²) in [6.45, 7) is 0.584. The van der Waals surface area contributed by atoms with Crippen LogP contribution in [0.15, 0.2) is 0 Å². The molecule has 0 saturated heterocycles. The Labute approximate surface area is 173 Å². The molecule has 0 radical (unpaired) electrons. The molecule has 11 heteroatoms. The van der Waals surface area contributed by atoms with E-state index in [1.807, 2.05) is 0 Å². The van der Waals surface area contributed by atoms with E-state index in [2.05, 4.69) is 31.5 Å². The zero-order valence-corrected chi connectivity index (χ0v) is 16.8. The molecule has 2 aliphatic rings. The maximum absolute atomic E-state index is 14.6. The lowest BCUT2D eigenvalue weighted by molar-refractivity contribution is -0.124. The molecule has 0 aliphatic heterocycles. The van der Waals surface area contributed by atoms with E-state index in [0.29, 0.717) is 24.8 Å². The van der Waals surface area contributed by atoms with Crippen molar-refractivity contribution >= 4 is 35.2 Å². The number of carboxylic acid groups (broad SMARTS) is 1. The van der Waals surface area contributed by atoms with Crippen LogP contribution >= 0.6 is 11.6 Å². The van der Waals surface area contributed by atoms with Crippen molar-refractivity contribution in [2.45, 2.75) is 44.9 Å². The molecule has 5 N–H and O–H groups in total. The quantitative estimate of drug-likeness (QED) is 0.286. The van der Waals surface area contributed by atoms with Crippen molar-refractivity contribution in [1.82, 2.24) is 20.7 Å². The Hall–Kier alpha value is -2.36. The Morgan fingerprint density at radius 3 is 2.48 bits per heavy atom. The topological polar surface area (TPSA) is 128 Å². The van der Waals surface area contributed by atoms with Gasteiger partial charge in [0.1, 0.15) is 0 Å². The number of halogens is 2. The molecule has 0 unspecified atom stereocenters. The molecule has 2 saturated carbocycles. The summed E-state index contributed by atoms with van der Waals surface area (Å²) in [4.78, 5) is 31.1.